The van der Waals surface area contributed by atoms with Gasteiger partial charge in [-0.15, -0.1) is 0 Å². The van der Waals surface area contributed by atoms with Gasteiger partial charge in [0.15, 0.2) is 0 Å². The molecule has 0 heterocycles. The SMILES string of the molecule is F[C](F)(F)[Pb]([c]1ccccc1)([C](F)(F)F)[C](F)(F)F. The van der Waals surface area contributed by atoms with E-state index >= 15 is 0 Å². The molecule has 1 aromatic rings. The molecule has 0 N–H and O–H groups in total. The quantitative estimate of drug-likeness (QED) is 0.416. The predicted octanol–water partition coefficient (Wildman–Crippen LogP) is 3.65. The predicted molar refractivity (Wildman–Crippen MR) is 50.0 cm³/mol. The maximum absolute atomic E-state index is 12.7. The third kappa shape index (κ3) is 2.57. The summed E-state index contributed by atoms with van der Waals surface area (Å²) in [7, 11) is 0. The average Bonchev–Trinajstić information content (AvgIpc) is 2.12. The van der Waals surface area contributed by atoms with Crippen molar-refractivity contribution >= 4 is 24.3 Å². The van der Waals surface area contributed by atoms with E-state index in [2.05, 4.69) is 0 Å². The molecule has 0 aliphatic heterocycles. The molecule has 0 aliphatic rings. The summed E-state index contributed by atoms with van der Waals surface area (Å²) < 4.78 is 93.7. The van der Waals surface area contributed by atoms with Crippen molar-refractivity contribution in [1.82, 2.24) is 0 Å². The van der Waals surface area contributed by atoms with Crippen LogP contribution in [0.25, 0.3) is 0 Å². The third-order valence-corrected chi connectivity index (χ3v) is 17.1. The summed E-state index contributed by atoms with van der Waals surface area (Å²) in [5.41, 5.74) is 0. The summed E-state index contributed by atoms with van der Waals surface area (Å²) in [6.45, 7) is 0. The van der Waals surface area contributed by atoms with Crippen molar-refractivity contribution in [2.45, 2.75) is 11.2 Å². The van der Waals surface area contributed by atoms with Crippen molar-refractivity contribution < 1.29 is 39.5 Å². The van der Waals surface area contributed by atoms with Crippen molar-refractivity contribution in [3.63, 3.8) is 0 Å². The van der Waals surface area contributed by atoms with E-state index in [-0.39, 0.29) is 12.1 Å². The molecule has 0 saturated heterocycles. The van der Waals surface area contributed by atoms with Gasteiger partial charge < -0.3 is 0 Å². The van der Waals surface area contributed by atoms with Crippen LogP contribution < -0.4 is 3.12 Å². The summed E-state index contributed by atoms with van der Waals surface area (Å²) in [5.74, 6) is 0. The van der Waals surface area contributed by atoms with Gasteiger partial charge in [-0.3, -0.25) is 0 Å². The van der Waals surface area contributed by atoms with Gasteiger partial charge in [0.25, 0.3) is 0 Å². The van der Waals surface area contributed by atoms with Crippen LogP contribution in [0.15, 0.2) is 30.3 Å². The summed E-state index contributed by atoms with van der Waals surface area (Å²) in [5, 5.41) is 0. The molecule has 10 heteroatoms. The zero-order chi connectivity index (χ0) is 15.1. The second kappa shape index (κ2) is 4.81. The first kappa shape index (κ1) is 16.6. The van der Waals surface area contributed by atoms with Crippen molar-refractivity contribution in [3.8, 4) is 0 Å². The number of hydrogen-bond donors (Lipinski definition) is 0. The number of halogens is 9. The molecule has 1 aromatic carbocycles. The van der Waals surface area contributed by atoms with Crippen LogP contribution in [-0.4, -0.2) is 32.4 Å². The fourth-order valence-corrected chi connectivity index (χ4v) is 11.9. The molecule has 0 fully saturated rings. The van der Waals surface area contributed by atoms with Gasteiger partial charge in [0, 0.05) is 0 Å². The first-order chi connectivity index (χ1) is 8.36. The van der Waals surface area contributed by atoms with E-state index < -0.39 is 35.5 Å². The Morgan fingerprint density at radius 3 is 1.16 bits per heavy atom. The molecule has 0 aliphatic carbocycles. The summed E-state index contributed by atoms with van der Waals surface area (Å²) in [6, 6.07) is 3.00. The molecule has 0 unspecified atom stereocenters. The monoisotopic (exact) mass is 492 g/mol. The van der Waals surface area contributed by atoms with Crippen LogP contribution in [0.4, 0.5) is 39.5 Å². The molecule has 0 saturated carbocycles. The van der Waals surface area contributed by atoms with Gasteiger partial charge in [-0.2, -0.15) is 0 Å². The minimum absolute atomic E-state index is 0.246. The Hall–Kier alpha value is -0.488. The standard InChI is InChI=1S/C6H5.3CF3.Pb/c1-2-4-6-5-3-1;3*2-1(3)4;/h1-5H;;;;. The van der Waals surface area contributed by atoms with Gasteiger partial charge in [0.1, 0.15) is 0 Å². The molecule has 0 atom stereocenters. The Bertz CT molecular complexity index is 392. The molecule has 0 aromatic heterocycles. The Morgan fingerprint density at radius 1 is 0.579 bits per heavy atom. The third-order valence-electron chi connectivity index (χ3n) is 2.48. The fourth-order valence-electron chi connectivity index (χ4n) is 1.66. The van der Waals surface area contributed by atoms with E-state index in [0.29, 0.717) is 0 Å². The Labute approximate surface area is 105 Å². The van der Waals surface area contributed by atoms with Crippen LogP contribution in [0.1, 0.15) is 0 Å². The first-order valence-electron chi connectivity index (χ1n) is 4.61. The van der Waals surface area contributed by atoms with Gasteiger partial charge >= 0.3 is 105 Å². The normalized spacial score (nSPS) is 14.6. The zero-order valence-electron chi connectivity index (χ0n) is 8.79. The molecule has 0 radical (unpaired) electrons. The Balaban J connectivity index is 3.76. The van der Waals surface area contributed by atoms with Crippen LogP contribution in [0.3, 0.4) is 0 Å². The maximum atomic E-state index is 12.7. The molecular formula is C9H5F9Pb. The molecule has 0 bridgehead atoms. The van der Waals surface area contributed by atoms with E-state index in [4.69, 9.17) is 0 Å². The van der Waals surface area contributed by atoms with E-state index in [1.807, 2.05) is 0 Å². The molecule has 0 nitrogen and oxygen atoms in total. The number of alkyl halides is 9. The van der Waals surface area contributed by atoms with E-state index in [9.17, 15) is 39.5 Å². The molecule has 1 rings (SSSR count). The summed E-state index contributed by atoms with van der Waals surface area (Å²) in [6.07, 6.45) is 0. The van der Waals surface area contributed by atoms with E-state index in [0.717, 1.165) is 18.2 Å². The van der Waals surface area contributed by atoms with Crippen molar-refractivity contribution in [1.29, 1.82) is 0 Å². The number of benzene rings is 1. The average molecular weight is 491 g/mol. The molecule has 0 amide bonds. The number of rotatable bonds is 1. The van der Waals surface area contributed by atoms with Crippen molar-refractivity contribution in [2.24, 2.45) is 0 Å². The van der Waals surface area contributed by atoms with E-state index in [1.165, 1.54) is 0 Å². The van der Waals surface area contributed by atoms with Crippen LogP contribution in [0.2, 0.25) is 0 Å². The minimum atomic E-state index is -8.91. The van der Waals surface area contributed by atoms with E-state index in [1.54, 1.807) is 0 Å². The molecule has 0 spiro atoms. The van der Waals surface area contributed by atoms with Gasteiger partial charge in [-0.1, -0.05) is 0 Å². The van der Waals surface area contributed by atoms with Gasteiger partial charge in [0.2, 0.25) is 0 Å². The van der Waals surface area contributed by atoms with Crippen LogP contribution >= 0.6 is 0 Å². The van der Waals surface area contributed by atoms with Crippen LogP contribution in [0.5, 0.6) is 0 Å². The second-order valence-corrected chi connectivity index (χ2v) is 18.3. The van der Waals surface area contributed by atoms with Crippen LogP contribution in [0, 0.1) is 0 Å². The Morgan fingerprint density at radius 2 is 0.895 bits per heavy atom. The van der Waals surface area contributed by atoms with Crippen molar-refractivity contribution in [2.75, 3.05) is 0 Å². The number of hydrogen-bond acceptors (Lipinski definition) is 0. The van der Waals surface area contributed by atoms with Crippen molar-refractivity contribution in [3.05, 3.63) is 30.3 Å². The fraction of sp³-hybridized carbons (Fsp3) is 0.333. The second-order valence-electron chi connectivity index (χ2n) is 3.61. The summed E-state index contributed by atoms with van der Waals surface area (Å²) >= 11 is -8.91. The molecule has 108 valence electrons. The molecular weight excluding hydrogens is 486 g/mol. The summed E-state index contributed by atoms with van der Waals surface area (Å²) in [4.78, 5) is 0. The topological polar surface area (TPSA) is 0 Å². The zero-order valence-corrected chi connectivity index (χ0v) is 12.7. The first-order valence-corrected chi connectivity index (χ1v) is 12.4. The van der Waals surface area contributed by atoms with Gasteiger partial charge in [-0.05, 0) is 0 Å². The van der Waals surface area contributed by atoms with Gasteiger partial charge in [0.05, 0.1) is 0 Å². The van der Waals surface area contributed by atoms with Crippen LogP contribution in [-0.2, 0) is 0 Å². The van der Waals surface area contributed by atoms with Gasteiger partial charge in [-0.25, -0.2) is 0 Å². The Kier molecular flexibility index (Phi) is 4.19. The molecule has 19 heavy (non-hydrogen) atoms.